The minimum Gasteiger partial charge on any atom is -0.391 e. The Labute approximate surface area is 86.9 Å². The molecule has 13 heavy (non-hydrogen) atoms. The first-order valence-corrected chi connectivity index (χ1v) is 5.55. The Morgan fingerprint density at radius 1 is 1.62 bits per heavy atom. The number of nitrogens with one attached hydrogen (secondary N) is 1. The van der Waals surface area contributed by atoms with Crippen LogP contribution in [0.3, 0.4) is 0 Å². The molecule has 0 radical (unpaired) electrons. The Balaban J connectivity index is 2.45. The van der Waals surface area contributed by atoms with Gasteiger partial charge in [-0.15, -0.1) is 11.6 Å². The molecule has 0 spiro atoms. The average Bonchev–Trinajstić information content (AvgIpc) is 2.42. The number of nitrogens with zero attached hydrogens (tertiary/aromatic N) is 1. The third-order valence-corrected chi connectivity index (χ3v) is 3.07. The lowest BCUT2D eigenvalue weighted by molar-refractivity contribution is 0.223. The van der Waals surface area contributed by atoms with E-state index in [2.05, 4.69) is 9.97 Å². The van der Waals surface area contributed by atoms with Gasteiger partial charge in [-0.1, -0.05) is 11.8 Å². The lowest BCUT2D eigenvalue weighted by Gasteiger charge is -2.02. The Bertz CT molecular complexity index is 258. The van der Waals surface area contributed by atoms with Crippen molar-refractivity contribution in [1.29, 1.82) is 0 Å². The van der Waals surface area contributed by atoms with Gasteiger partial charge in [0.25, 0.3) is 0 Å². The number of alkyl halides is 1. The maximum absolute atomic E-state index is 9.20. The summed E-state index contributed by atoms with van der Waals surface area (Å²) in [6.45, 7) is 3.93. The fraction of sp³-hybridized carbons (Fsp3) is 0.625. The number of aromatic nitrogens is 2. The minimum atomic E-state index is -0.461. The molecule has 0 aliphatic heterocycles. The minimum absolute atomic E-state index is 0.270. The van der Waals surface area contributed by atoms with E-state index in [1.807, 2.05) is 13.8 Å². The molecule has 0 saturated carbocycles. The van der Waals surface area contributed by atoms with Crippen molar-refractivity contribution in [2.45, 2.75) is 25.1 Å². The summed E-state index contributed by atoms with van der Waals surface area (Å²) in [6, 6.07) is 0. The molecule has 74 valence electrons. The predicted octanol–water partition coefficient (Wildman–Crippen LogP) is 1.72. The normalized spacial score (nSPS) is 13.2. The molecule has 0 bridgehead atoms. The Morgan fingerprint density at radius 2 is 2.31 bits per heavy atom. The van der Waals surface area contributed by atoms with Crippen LogP contribution in [0, 0.1) is 13.8 Å². The van der Waals surface area contributed by atoms with Crippen LogP contribution in [0.5, 0.6) is 0 Å². The number of aryl methyl sites for hydroxylation is 2. The van der Waals surface area contributed by atoms with Crippen LogP contribution < -0.4 is 0 Å². The topological polar surface area (TPSA) is 48.9 Å². The number of aliphatic hydroxyl groups excluding tert-OH is 1. The van der Waals surface area contributed by atoms with Crippen molar-refractivity contribution in [2.75, 3.05) is 11.6 Å². The van der Waals surface area contributed by atoms with Gasteiger partial charge in [0.2, 0.25) is 0 Å². The van der Waals surface area contributed by atoms with Crippen molar-refractivity contribution in [3.63, 3.8) is 0 Å². The van der Waals surface area contributed by atoms with Crippen LogP contribution in [-0.2, 0) is 0 Å². The zero-order chi connectivity index (χ0) is 9.84. The van der Waals surface area contributed by atoms with Crippen LogP contribution in [0.25, 0.3) is 0 Å². The molecule has 1 rings (SSSR count). The lowest BCUT2D eigenvalue weighted by atomic mass is 10.4. The third kappa shape index (κ3) is 3.21. The van der Waals surface area contributed by atoms with Gasteiger partial charge < -0.3 is 10.1 Å². The van der Waals surface area contributed by atoms with Crippen molar-refractivity contribution in [1.82, 2.24) is 9.97 Å². The van der Waals surface area contributed by atoms with E-state index in [0.29, 0.717) is 5.75 Å². The van der Waals surface area contributed by atoms with Crippen molar-refractivity contribution in [2.24, 2.45) is 0 Å². The Morgan fingerprint density at radius 3 is 2.77 bits per heavy atom. The molecule has 1 atom stereocenters. The summed E-state index contributed by atoms with van der Waals surface area (Å²) < 4.78 is 0. The van der Waals surface area contributed by atoms with Gasteiger partial charge in [-0.2, -0.15) is 0 Å². The predicted molar refractivity (Wildman–Crippen MR) is 55.5 cm³/mol. The summed E-state index contributed by atoms with van der Waals surface area (Å²) in [5.74, 6) is 0.849. The molecule has 1 heterocycles. The molecule has 3 nitrogen and oxygen atoms in total. The number of H-pyrrole nitrogens is 1. The van der Waals surface area contributed by atoms with Crippen LogP contribution in [0.1, 0.15) is 11.4 Å². The first-order chi connectivity index (χ1) is 6.13. The summed E-state index contributed by atoms with van der Waals surface area (Å²) in [7, 11) is 0. The van der Waals surface area contributed by atoms with Crippen LogP contribution in [0.4, 0.5) is 0 Å². The van der Waals surface area contributed by atoms with Crippen molar-refractivity contribution in [3.05, 3.63) is 11.4 Å². The molecule has 2 N–H and O–H groups in total. The average molecular weight is 221 g/mol. The van der Waals surface area contributed by atoms with E-state index in [4.69, 9.17) is 11.6 Å². The van der Waals surface area contributed by atoms with Crippen molar-refractivity contribution >= 4 is 23.4 Å². The molecular weight excluding hydrogens is 208 g/mol. The number of imidazole rings is 1. The van der Waals surface area contributed by atoms with Gasteiger partial charge in [-0.05, 0) is 13.8 Å². The number of aliphatic hydroxyl groups is 1. The molecule has 0 saturated heterocycles. The van der Waals surface area contributed by atoms with E-state index in [0.717, 1.165) is 16.5 Å². The Hall–Kier alpha value is -0.190. The fourth-order valence-electron chi connectivity index (χ4n) is 0.803. The van der Waals surface area contributed by atoms with Gasteiger partial charge >= 0.3 is 0 Å². The van der Waals surface area contributed by atoms with Gasteiger partial charge in [-0.3, -0.25) is 0 Å². The first-order valence-electron chi connectivity index (χ1n) is 4.03. The summed E-state index contributed by atoms with van der Waals surface area (Å²) in [5, 5.41) is 10.0. The number of rotatable bonds is 4. The second kappa shape index (κ2) is 4.88. The van der Waals surface area contributed by atoms with Crippen LogP contribution >= 0.6 is 23.4 Å². The maximum atomic E-state index is 9.20. The SMILES string of the molecule is Cc1nc(SCC(O)CCl)[nH]c1C. The maximum Gasteiger partial charge on any atom is 0.165 e. The van der Waals surface area contributed by atoms with Crippen LogP contribution in [0.2, 0.25) is 0 Å². The number of thioether (sulfide) groups is 1. The first kappa shape index (κ1) is 10.9. The largest absolute Gasteiger partial charge is 0.391 e. The molecule has 0 amide bonds. The molecule has 0 aliphatic rings. The van der Waals surface area contributed by atoms with E-state index in [1.165, 1.54) is 11.8 Å². The summed E-state index contributed by atoms with van der Waals surface area (Å²) in [5.41, 5.74) is 2.07. The molecule has 1 unspecified atom stereocenters. The second-order valence-corrected chi connectivity index (χ2v) is 4.19. The fourth-order valence-corrected chi connectivity index (χ4v) is 1.94. The smallest absolute Gasteiger partial charge is 0.165 e. The highest BCUT2D eigenvalue weighted by molar-refractivity contribution is 7.99. The molecule has 1 aromatic rings. The quantitative estimate of drug-likeness (QED) is 0.600. The van der Waals surface area contributed by atoms with E-state index < -0.39 is 6.10 Å². The monoisotopic (exact) mass is 220 g/mol. The Kier molecular flexibility index (Phi) is 4.09. The van der Waals surface area contributed by atoms with Gasteiger partial charge in [0.15, 0.2) is 5.16 Å². The highest BCUT2D eigenvalue weighted by Gasteiger charge is 2.06. The number of halogens is 1. The molecule has 1 aromatic heterocycles. The van der Waals surface area contributed by atoms with Gasteiger partial charge in [-0.25, -0.2) is 4.98 Å². The van der Waals surface area contributed by atoms with Gasteiger partial charge in [0.1, 0.15) is 0 Å². The highest BCUT2D eigenvalue weighted by atomic mass is 35.5. The summed E-state index contributed by atoms with van der Waals surface area (Å²) in [6.07, 6.45) is -0.461. The van der Waals surface area contributed by atoms with E-state index >= 15 is 0 Å². The third-order valence-electron chi connectivity index (χ3n) is 1.70. The standard InChI is InChI=1S/C8H13ClN2OS/c1-5-6(2)11-8(10-5)13-4-7(12)3-9/h7,12H,3-4H2,1-2H3,(H,10,11). The molecular formula is C8H13ClN2OS. The summed E-state index contributed by atoms with van der Waals surface area (Å²) >= 11 is 6.95. The summed E-state index contributed by atoms with van der Waals surface area (Å²) in [4.78, 5) is 7.39. The molecule has 0 aliphatic carbocycles. The number of hydrogen-bond acceptors (Lipinski definition) is 3. The molecule has 0 aromatic carbocycles. The zero-order valence-electron chi connectivity index (χ0n) is 7.67. The van der Waals surface area contributed by atoms with Crippen molar-refractivity contribution in [3.8, 4) is 0 Å². The number of hydrogen-bond donors (Lipinski definition) is 2. The van der Waals surface area contributed by atoms with E-state index in [1.54, 1.807) is 0 Å². The molecule has 0 fully saturated rings. The van der Waals surface area contributed by atoms with Crippen molar-refractivity contribution < 1.29 is 5.11 Å². The van der Waals surface area contributed by atoms with Gasteiger partial charge in [0.05, 0.1) is 11.8 Å². The lowest BCUT2D eigenvalue weighted by Crippen LogP contribution is -2.11. The highest BCUT2D eigenvalue weighted by Crippen LogP contribution is 2.17. The van der Waals surface area contributed by atoms with E-state index in [-0.39, 0.29) is 5.88 Å². The van der Waals surface area contributed by atoms with Gasteiger partial charge in [0, 0.05) is 17.3 Å². The second-order valence-electron chi connectivity index (χ2n) is 2.87. The zero-order valence-corrected chi connectivity index (χ0v) is 9.24. The number of aromatic amines is 1. The van der Waals surface area contributed by atoms with Crippen LogP contribution in [0.15, 0.2) is 5.16 Å². The molecule has 5 heteroatoms. The van der Waals surface area contributed by atoms with Crippen LogP contribution in [-0.4, -0.2) is 32.8 Å². The van der Waals surface area contributed by atoms with E-state index in [9.17, 15) is 5.11 Å².